The van der Waals surface area contributed by atoms with Gasteiger partial charge in [-0.25, -0.2) is 0 Å². The number of hydrogen-bond donors (Lipinski definition) is 0. The topological polar surface area (TPSA) is 52.6 Å². The van der Waals surface area contributed by atoms with Crippen LogP contribution < -0.4 is 0 Å². The molecule has 0 bridgehead atoms. The molecule has 0 aromatic rings. The first-order valence-corrected chi connectivity index (χ1v) is 9.01. The van der Waals surface area contributed by atoms with Crippen molar-refractivity contribution in [3.05, 3.63) is 0 Å². The maximum Gasteiger partial charge on any atom is 0.307 e. The van der Waals surface area contributed by atoms with Gasteiger partial charge in [0.05, 0.1) is 12.8 Å². The van der Waals surface area contributed by atoms with Crippen molar-refractivity contribution in [2.75, 3.05) is 6.61 Å². The van der Waals surface area contributed by atoms with Gasteiger partial charge in [0.25, 0.3) is 0 Å². The zero-order valence-corrected chi connectivity index (χ0v) is 16.0. The van der Waals surface area contributed by atoms with E-state index in [4.69, 9.17) is 9.47 Å². The molecule has 6 heteroatoms. The van der Waals surface area contributed by atoms with E-state index in [-0.39, 0.29) is 24.6 Å². The second-order valence-corrected chi connectivity index (χ2v) is 7.93. The molecule has 0 fully saturated rings. The predicted octanol–water partition coefficient (Wildman–Crippen LogP) is 3.67. The highest BCUT2D eigenvalue weighted by Crippen LogP contribution is 2.13. The van der Waals surface area contributed by atoms with E-state index in [0.717, 1.165) is 12.8 Å². The number of hydrogen-bond acceptors (Lipinski definition) is 4. The van der Waals surface area contributed by atoms with E-state index in [9.17, 15) is 9.59 Å². The van der Waals surface area contributed by atoms with E-state index in [1.807, 2.05) is 13.8 Å². The molecule has 0 radical (unpaired) electrons. The molecule has 19 heavy (non-hydrogen) atoms. The quantitative estimate of drug-likeness (QED) is 0.278. The number of rotatable bonds is 9. The molecule has 0 amide bonds. The minimum absolute atomic E-state index is 0.135. The zero-order valence-electron chi connectivity index (χ0n) is 11.7. The van der Waals surface area contributed by atoms with Crippen LogP contribution >= 0.6 is 45.2 Å². The van der Waals surface area contributed by atoms with Gasteiger partial charge in [0.2, 0.25) is 0 Å². The van der Waals surface area contributed by atoms with Crippen molar-refractivity contribution < 1.29 is 19.1 Å². The third-order valence-corrected chi connectivity index (χ3v) is 5.12. The number of halogens is 2. The van der Waals surface area contributed by atoms with Crippen LogP contribution in [0.5, 0.6) is 0 Å². The first-order valence-electron chi connectivity index (χ1n) is 6.52. The van der Waals surface area contributed by atoms with Crippen molar-refractivity contribution in [1.29, 1.82) is 0 Å². The van der Waals surface area contributed by atoms with Gasteiger partial charge in [-0.3, -0.25) is 9.59 Å². The van der Waals surface area contributed by atoms with Gasteiger partial charge in [0.15, 0.2) is 0 Å². The van der Waals surface area contributed by atoms with Crippen LogP contribution in [0, 0.1) is 0 Å². The summed E-state index contributed by atoms with van der Waals surface area (Å²) in [4.78, 5) is 23.0. The standard InChI is InChI=1S/C13H22I2O4/c1-4-10(14)6-12(16)18-8-9(3)19-13(17)7-11(15)5-2/h9-11H,4-8H2,1-3H3. The summed E-state index contributed by atoms with van der Waals surface area (Å²) in [5, 5.41) is 0. The van der Waals surface area contributed by atoms with Crippen LogP contribution in [0.4, 0.5) is 0 Å². The lowest BCUT2D eigenvalue weighted by Gasteiger charge is -2.15. The molecule has 0 heterocycles. The first kappa shape index (κ1) is 19.4. The molecule has 0 aromatic carbocycles. The molecule has 0 saturated heterocycles. The zero-order chi connectivity index (χ0) is 14.8. The van der Waals surface area contributed by atoms with E-state index in [1.54, 1.807) is 6.92 Å². The van der Waals surface area contributed by atoms with Crippen molar-refractivity contribution in [1.82, 2.24) is 0 Å². The summed E-state index contributed by atoms with van der Waals surface area (Å²) in [6.07, 6.45) is 2.30. The minimum Gasteiger partial charge on any atom is -0.462 e. The smallest absolute Gasteiger partial charge is 0.307 e. The minimum atomic E-state index is -0.383. The van der Waals surface area contributed by atoms with Crippen LogP contribution in [0.2, 0.25) is 0 Å². The molecular formula is C13H22I2O4. The third-order valence-electron chi connectivity index (χ3n) is 2.47. The summed E-state index contributed by atoms with van der Waals surface area (Å²) in [5.74, 6) is -0.463. The molecule has 3 unspecified atom stereocenters. The van der Waals surface area contributed by atoms with Gasteiger partial charge in [0.1, 0.15) is 12.7 Å². The van der Waals surface area contributed by atoms with E-state index < -0.39 is 0 Å². The summed E-state index contributed by atoms with van der Waals surface area (Å²) >= 11 is 4.46. The van der Waals surface area contributed by atoms with Crippen LogP contribution in [0.1, 0.15) is 46.5 Å². The predicted molar refractivity (Wildman–Crippen MR) is 91.9 cm³/mol. The molecule has 0 N–H and O–H groups in total. The summed E-state index contributed by atoms with van der Waals surface area (Å²) < 4.78 is 10.9. The lowest BCUT2D eigenvalue weighted by molar-refractivity contribution is -0.157. The van der Waals surface area contributed by atoms with Crippen LogP contribution in [0.15, 0.2) is 0 Å². The fourth-order valence-electron chi connectivity index (χ4n) is 1.23. The Morgan fingerprint density at radius 3 is 1.95 bits per heavy atom. The molecule has 112 valence electrons. The van der Waals surface area contributed by atoms with Crippen LogP contribution in [-0.4, -0.2) is 32.5 Å². The molecule has 4 nitrogen and oxygen atoms in total. The Labute approximate surface area is 142 Å². The number of alkyl halides is 2. The highest BCUT2D eigenvalue weighted by Gasteiger charge is 2.16. The van der Waals surface area contributed by atoms with Crippen molar-refractivity contribution in [2.24, 2.45) is 0 Å². The Balaban J connectivity index is 3.83. The second-order valence-electron chi connectivity index (χ2n) is 4.40. The fraction of sp³-hybridized carbons (Fsp3) is 0.846. The molecule has 0 rings (SSSR count). The van der Waals surface area contributed by atoms with E-state index >= 15 is 0 Å². The lowest BCUT2D eigenvalue weighted by Crippen LogP contribution is -2.24. The summed E-state index contributed by atoms with van der Waals surface area (Å²) in [6.45, 7) is 5.93. The van der Waals surface area contributed by atoms with E-state index in [0.29, 0.717) is 20.7 Å². The fourth-order valence-corrected chi connectivity index (χ4v) is 1.95. The molecule has 0 saturated carbocycles. The maximum absolute atomic E-state index is 11.5. The number of carbonyl (C=O) groups excluding carboxylic acids is 2. The van der Waals surface area contributed by atoms with Gasteiger partial charge in [-0.1, -0.05) is 59.0 Å². The molecule has 0 spiro atoms. The van der Waals surface area contributed by atoms with Crippen LogP contribution in [0.3, 0.4) is 0 Å². The third kappa shape index (κ3) is 10.8. The number of ether oxygens (including phenoxy) is 2. The van der Waals surface area contributed by atoms with Gasteiger partial charge in [0, 0.05) is 7.85 Å². The van der Waals surface area contributed by atoms with Gasteiger partial charge in [-0.15, -0.1) is 0 Å². The van der Waals surface area contributed by atoms with E-state index in [1.165, 1.54) is 0 Å². The van der Waals surface area contributed by atoms with Crippen molar-refractivity contribution in [3.8, 4) is 0 Å². The molecule has 0 aliphatic carbocycles. The van der Waals surface area contributed by atoms with Gasteiger partial charge >= 0.3 is 11.9 Å². The summed E-state index contributed by atoms with van der Waals surface area (Å²) in [5.41, 5.74) is 0. The normalized spacial score (nSPS) is 15.4. The maximum atomic E-state index is 11.5. The average molecular weight is 496 g/mol. The summed E-state index contributed by atoms with van der Waals surface area (Å²) in [6, 6.07) is 0. The first-order chi connectivity index (χ1) is 8.88. The molecular weight excluding hydrogens is 474 g/mol. The Morgan fingerprint density at radius 1 is 1.00 bits per heavy atom. The van der Waals surface area contributed by atoms with Gasteiger partial charge in [-0.05, 0) is 19.8 Å². The van der Waals surface area contributed by atoms with Crippen molar-refractivity contribution in [3.63, 3.8) is 0 Å². The lowest BCUT2D eigenvalue weighted by atomic mass is 10.2. The Kier molecular flexibility index (Phi) is 11.3. The largest absolute Gasteiger partial charge is 0.462 e. The average Bonchev–Trinajstić information content (AvgIpc) is 2.35. The van der Waals surface area contributed by atoms with Crippen LogP contribution in [0.25, 0.3) is 0 Å². The molecule has 0 aliphatic rings. The summed E-state index contributed by atoms with van der Waals surface area (Å²) in [7, 11) is 0. The second kappa shape index (κ2) is 11.1. The van der Waals surface area contributed by atoms with Crippen LogP contribution in [-0.2, 0) is 19.1 Å². The highest BCUT2D eigenvalue weighted by atomic mass is 127. The number of carbonyl (C=O) groups is 2. The Morgan fingerprint density at radius 2 is 1.47 bits per heavy atom. The van der Waals surface area contributed by atoms with Gasteiger partial charge < -0.3 is 9.47 Å². The Hall–Kier alpha value is 0.400. The Bertz CT molecular complexity index is 284. The van der Waals surface area contributed by atoms with E-state index in [2.05, 4.69) is 45.2 Å². The van der Waals surface area contributed by atoms with Gasteiger partial charge in [-0.2, -0.15) is 0 Å². The monoisotopic (exact) mass is 496 g/mol. The molecule has 0 aliphatic heterocycles. The molecule has 3 atom stereocenters. The number of esters is 2. The molecule has 0 aromatic heterocycles. The highest BCUT2D eigenvalue weighted by molar-refractivity contribution is 14.1. The SMILES string of the molecule is CCC(I)CC(=O)OCC(C)OC(=O)CC(I)CC. The van der Waals surface area contributed by atoms with Crippen molar-refractivity contribution in [2.45, 2.75) is 60.4 Å². The van der Waals surface area contributed by atoms with Crippen molar-refractivity contribution >= 4 is 57.1 Å².